The summed E-state index contributed by atoms with van der Waals surface area (Å²) in [6.07, 6.45) is 7.40. The van der Waals surface area contributed by atoms with E-state index in [2.05, 4.69) is 16.7 Å². The molecule has 4 nitrogen and oxygen atoms in total. The molecule has 0 radical (unpaired) electrons. The first-order valence-electron chi connectivity index (χ1n) is 7.59. The van der Waals surface area contributed by atoms with Gasteiger partial charge in [0.05, 0.1) is 6.54 Å². The van der Waals surface area contributed by atoms with Crippen LogP contribution in [0.1, 0.15) is 37.3 Å². The molecule has 0 spiro atoms. The van der Waals surface area contributed by atoms with Crippen molar-refractivity contribution >= 4 is 6.03 Å². The van der Waals surface area contributed by atoms with Gasteiger partial charge in [0.15, 0.2) is 0 Å². The molecular formula is C17H24N2O2. The molecule has 0 aromatic heterocycles. The third-order valence-electron chi connectivity index (χ3n) is 3.93. The van der Waals surface area contributed by atoms with E-state index in [1.807, 2.05) is 37.3 Å². The highest BCUT2D eigenvalue weighted by atomic mass is 16.3. The van der Waals surface area contributed by atoms with Crippen LogP contribution >= 0.6 is 0 Å². The van der Waals surface area contributed by atoms with E-state index in [9.17, 15) is 9.90 Å². The topological polar surface area (TPSA) is 61.4 Å². The third kappa shape index (κ3) is 4.08. The molecule has 0 saturated carbocycles. The molecule has 1 atom stereocenters. The van der Waals surface area contributed by atoms with E-state index in [0.29, 0.717) is 13.0 Å². The lowest BCUT2D eigenvalue weighted by molar-refractivity contribution is 0.0217. The predicted octanol–water partition coefficient (Wildman–Crippen LogP) is 2.48. The standard InChI is InChI=1S/C17H24N2O2/c1-2-3-6-12-18-16(20)19-13-17(21)11-7-9-14-8-4-5-10-15(14)17/h2-5,8,10,21H,6-7,9,11-13H2,1H3,(H2,18,19,20). The van der Waals surface area contributed by atoms with Gasteiger partial charge in [-0.2, -0.15) is 0 Å². The number of hydrogen-bond donors (Lipinski definition) is 3. The Balaban J connectivity index is 1.89. The number of hydrogen-bond acceptors (Lipinski definition) is 2. The van der Waals surface area contributed by atoms with Gasteiger partial charge < -0.3 is 15.7 Å². The number of carbonyl (C=O) groups excluding carboxylic acids is 1. The Bertz CT molecular complexity index is 513. The maximum atomic E-state index is 11.7. The number of benzene rings is 1. The lowest BCUT2D eigenvalue weighted by Gasteiger charge is -2.34. The van der Waals surface area contributed by atoms with Gasteiger partial charge in [0.1, 0.15) is 5.60 Å². The predicted molar refractivity (Wildman–Crippen MR) is 84.1 cm³/mol. The van der Waals surface area contributed by atoms with Crippen LogP contribution < -0.4 is 10.6 Å². The number of amides is 2. The van der Waals surface area contributed by atoms with Gasteiger partial charge in [-0.25, -0.2) is 4.79 Å². The Morgan fingerprint density at radius 3 is 3.00 bits per heavy atom. The van der Waals surface area contributed by atoms with E-state index in [4.69, 9.17) is 0 Å². The van der Waals surface area contributed by atoms with Crippen molar-refractivity contribution in [3.8, 4) is 0 Å². The molecular weight excluding hydrogens is 264 g/mol. The lowest BCUT2D eigenvalue weighted by Crippen LogP contribution is -2.46. The monoisotopic (exact) mass is 288 g/mol. The SMILES string of the molecule is CC=CCCNC(=O)NCC1(O)CCCc2ccccc21. The molecule has 0 aliphatic heterocycles. The molecule has 1 aromatic rings. The van der Waals surface area contributed by atoms with Crippen LogP contribution in [0.25, 0.3) is 0 Å². The molecule has 2 rings (SSSR count). The van der Waals surface area contributed by atoms with Crippen molar-refractivity contribution in [3.63, 3.8) is 0 Å². The Morgan fingerprint density at radius 2 is 2.19 bits per heavy atom. The van der Waals surface area contributed by atoms with Crippen LogP contribution in [-0.2, 0) is 12.0 Å². The normalized spacial score (nSPS) is 21.0. The lowest BCUT2D eigenvalue weighted by atomic mass is 9.79. The van der Waals surface area contributed by atoms with Crippen molar-refractivity contribution in [2.45, 2.75) is 38.2 Å². The average molecular weight is 288 g/mol. The molecule has 1 aromatic carbocycles. The van der Waals surface area contributed by atoms with Crippen molar-refractivity contribution in [3.05, 3.63) is 47.5 Å². The molecule has 3 N–H and O–H groups in total. The quantitative estimate of drug-likeness (QED) is 0.576. The average Bonchev–Trinajstić information content (AvgIpc) is 2.50. The van der Waals surface area contributed by atoms with Crippen LogP contribution in [0.5, 0.6) is 0 Å². The van der Waals surface area contributed by atoms with Gasteiger partial charge in [-0.1, -0.05) is 36.4 Å². The number of allylic oxidation sites excluding steroid dienone is 1. The summed E-state index contributed by atoms with van der Waals surface area (Å²) >= 11 is 0. The first-order chi connectivity index (χ1) is 10.2. The number of rotatable bonds is 5. The van der Waals surface area contributed by atoms with Crippen LogP contribution in [0.15, 0.2) is 36.4 Å². The summed E-state index contributed by atoms with van der Waals surface area (Å²) < 4.78 is 0. The molecule has 0 heterocycles. The van der Waals surface area contributed by atoms with Gasteiger partial charge in [0.25, 0.3) is 0 Å². The van der Waals surface area contributed by atoms with E-state index in [0.717, 1.165) is 24.8 Å². The number of aliphatic hydroxyl groups is 1. The van der Waals surface area contributed by atoms with Crippen molar-refractivity contribution in [1.29, 1.82) is 0 Å². The van der Waals surface area contributed by atoms with Crippen LogP contribution in [0.4, 0.5) is 4.79 Å². The fourth-order valence-corrected chi connectivity index (χ4v) is 2.81. The fourth-order valence-electron chi connectivity index (χ4n) is 2.81. The zero-order valence-electron chi connectivity index (χ0n) is 12.6. The summed E-state index contributed by atoms with van der Waals surface area (Å²) in [6, 6.07) is 7.71. The molecule has 0 saturated heterocycles. The van der Waals surface area contributed by atoms with Crippen LogP contribution in [-0.4, -0.2) is 24.2 Å². The highest BCUT2D eigenvalue weighted by molar-refractivity contribution is 5.73. The molecule has 4 heteroatoms. The Hall–Kier alpha value is -1.81. The first-order valence-corrected chi connectivity index (χ1v) is 7.59. The molecule has 21 heavy (non-hydrogen) atoms. The molecule has 0 bridgehead atoms. The minimum absolute atomic E-state index is 0.226. The molecule has 2 amide bonds. The van der Waals surface area contributed by atoms with Crippen molar-refractivity contribution in [2.75, 3.05) is 13.1 Å². The molecule has 1 aliphatic rings. The van der Waals surface area contributed by atoms with Gasteiger partial charge in [0.2, 0.25) is 0 Å². The van der Waals surface area contributed by atoms with Crippen molar-refractivity contribution in [2.24, 2.45) is 0 Å². The third-order valence-corrected chi connectivity index (χ3v) is 3.93. The van der Waals surface area contributed by atoms with Gasteiger partial charge in [0, 0.05) is 6.54 Å². The molecule has 0 fully saturated rings. The van der Waals surface area contributed by atoms with Crippen LogP contribution in [0.2, 0.25) is 0 Å². The zero-order valence-corrected chi connectivity index (χ0v) is 12.6. The highest BCUT2D eigenvalue weighted by Crippen LogP contribution is 2.34. The molecule has 1 unspecified atom stereocenters. The van der Waals surface area contributed by atoms with Gasteiger partial charge in [-0.15, -0.1) is 0 Å². The van der Waals surface area contributed by atoms with Crippen molar-refractivity contribution in [1.82, 2.24) is 10.6 Å². The maximum absolute atomic E-state index is 11.7. The van der Waals surface area contributed by atoms with Crippen LogP contribution in [0.3, 0.4) is 0 Å². The largest absolute Gasteiger partial charge is 0.383 e. The summed E-state index contributed by atoms with van der Waals surface area (Å²) in [5.74, 6) is 0. The number of carbonyl (C=O) groups is 1. The summed E-state index contributed by atoms with van der Waals surface area (Å²) in [5.41, 5.74) is 1.18. The zero-order chi connectivity index (χ0) is 15.1. The van der Waals surface area contributed by atoms with Crippen LogP contribution in [0, 0.1) is 0 Å². The summed E-state index contributed by atoms with van der Waals surface area (Å²) in [4.78, 5) is 11.7. The second-order valence-electron chi connectivity index (χ2n) is 5.51. The summed E-state index contributed by atoms with van der Waals surface area (Å²) in [6.45, 7) is 2.81. The minimum Gasteiger partial charge on any atom is -0.383 e. The highest BCUT2D eigenvalue weighted by Gasteiger charge is 2.34. The molecule has 1 aliphatic carbocycles. The van der Waals surface area contributed by atoms with Crippen molar-refractivity contribution < 1.29 is 9.90 Å². The van der Waals surface area contributed by atoms with E-state index >= 15 is 0 Å². The fraction of sp³-hybridized carbons (Fsp3) is 0.471. The van der Waals surface area contributed by atoms with E-state index < -0.39 is 5.60 Å². The maximum Gasteiger partial charge on any atom is 0.314 e. The minimum atomic E-state index is -0.949. The van der Waals surface area contributed by atoms with Gasteiger partial charge >= 0.3 is 6.03 Å². The summed E-state index contributed by atoms with van der Waals surface area (Å²) in [7, 11) is 0. The van der Waals surface area contributed by atoms with Gasteiger partial charge in [-0.3, -0.25) is 0 Å². The second-order valence-corrected chi connectivity index (χ2v) is 5.51. The molecule has 114 valence electrons. The number of aryl methyl sites for hydroxylation is 1. The van der Waals surface area contributed by atoms with E-state index in [-0.39, 0.29) is 12.6 Å². The number of urea groups is 1. The first kappa shape index (κ1) is 15.6. The van der Waals surface area contributed by atoms with E-state index in [1.165, 1.54) is 5.56 Å². The second kappa shape index (κ2) is 7.27. The number of fused-ring (bicyclic) bond motifs is 1. The van der Waals surface area contributed by atoms with E-state index in [1.54, 1.807) is 0 Å². The number of nitrogens with one attached hydrogen (secondary N) is 2. The Kier molecular flexibility index (Phi) is 5.39. The smallest absolute Gasteiger partial charge is 0.314 e. The Labute approximate surface area is 126 Å². The Morgan fingerprint density at radius 1 is 1.38 bits per heavy atom. The summed E-state index contributed by atoms with van der Waals surface area (Å²) in [5, 5.41) is 16.4. The van der Waals surface area contributed by atoms with Gasteiger partial charge in [-0.05, 0) is 43.7 Å².